The normalized spacial score (nSPS) is 21.7. The van der Waals surface area contributed by atoms with Gasteiger partial charge >= 0.3 is 0 Å². The maximum Gasteiger partial charge on any atom is 0.133 e. The van der Waals surface area contributed by atoms with Gasteiger partial charge in [-0.2, -0.15) is 0 Å². The Kier molecular flexibility index (Phi) is 3.57. The van der Waals surface area contributed by atoms with Crippen molar-refractivity contribution < 1.29 is 0 Å². The molecule has 0 bridgehead atoms. The van der Waals surface area contributed by atoms with Gasteiger partial charge in [-0.15, -0.1) is 0 Å². The molecule has 1 aromatic rings. The molecule has 0 aliphatic carbocycles. The standard InChI is InChI=1S/C11H16BrN3/c1-2-9-4-3-5-15(7-9)11-6-10(12)13-8-14-11/h6,8-9H,2-5,7H2,1H3. The molecule has 1 fully saturated rings. The van der Waals surface area contributed by atoms with Crippen LogP contribution in [0, 0.1) is 5.92 Å². The number of rotatable bonds is 2. The van der Waals surface area contributed by atoms with Crippen molar-refractivity contribution in [2.24, 2.45) is 5.92 Å². The Morgan fingerprint density at radius 3 is 3.13 bits per heavy atom. The van der Waals surface area contributed by atoms with Crippen molar-refractivity contribution in [3.8, 4) is 0 Å². The van der Waals surface area contributed by atoms with Crippen molar-refractivity contribution in [2.45, 2.75) is 26.2 Å². The van der Waals surface area contributed by atoms with Crippen LogP contribution in [-0.4, -0.2) is 23.1 Å². The van der Waals surface area contributed by atoms with E-state index in [0.717, 1.165) is 29.4 Å². The third-order valence-electron chi connectivity index (χ3n) is 3.04. The van der Waals surface area contributed by atoms with Gasteiger partial charge in [-0.05, 0) is 34.7 Å². The van der Waals surface area contributed by atoms with Crippen molar-refractivity contribution in [3.63, 3.8) is 0 Å². The molecule has 0 N–H and O–H groups in total. The van der Waals surface area contributed by atoms with Gasteiger partial charge in [0.15, 0.2) is 0 Å². The van der Waals surface area contributed by atoms with E-state index in [2.05, 4.69) is 37.7 Å². The van der Waals surface area contributed by atoms with E-state index in [0.29, 0.717) is 0 Å². The molecule has 3 nitrogen and oxygen atoms in total. The average Bonchev–Trinajstić information content (AvgIpc) is 2.29. The zero-order valence-corrected chi connectivity index (χ0v) is 10.6. The summed E-state index contributed by atoms with van der Waals surface area (Å²) in [4.78, 5) is 10.7. The molecule has 1 atom stereocenters. The lowest BCUT2D eigenvalue weighted by atomic mass is 9.96. The summed E-state index contributed by atoms with van der Waals surface area (Å²) in [5.74, 6) is 1.88. The fourth-order valence-corrected chi connectivity index (χ4v) is 2.40. The second-order valence-electron chi connectivity index (χ2n) is 4.06. The maximum absolute atomic E-state index is 4.32. The van der Waals surface area contributed by atoms with E-state index in [9.17, 15) is 0 Å². The summed E-state index contributed by atoms with van der Waals surface area (Å²) in [7, 11) is 0. The summed E-state index contributed by atoms with van der Waals surface area (Å²) < 4.78 is 0.867. The molecule has 1 aliphatic heterocycles. The van der Waals surface area contributed by atoms with Crippen LogP contribution in [0.1, 0.15) is 26.2 Å². The molecule has 0 saturated carbocycles. The Hall–Kier alpha value is -0.640. The van der Waals surface area contributed by atoms with Gasteiger partial charge in [-0.25, -0.2) is 9.97 Å². The van der Waals surface area contributed by atoms with E-state index in [1.165, 1.54) is 19.3 Å². The average molecular weight is 270 g/mol. The minimum Gasteiger partial charge on any atom is -0.356 e. The number of piperidine rings is 1. The Labute approximate surface area is 99.0 Å². The van der Waals surface area contributed by atoms with Crippen LogP contribution in [-0.2, 0) is 0 Å². The molecule has 0 radical (unpaired) electrons. The Balaban J connectivity index is 2.09. The highest BCUT2D eigenvalue weighted by atomic mass is 79.9. The van der Waals surface area contributed by atoms with Gasteiger partial charge in [0, 0.05) is 19.2 Å². The second kappa shape index (κ2) is 4.92. The number of hydrogen-bond donors (Lipinski definition) is 0. The first-order valence-corrected chi connectivity index (χ1v) is 6.31. The Morgan fingerprint density at radius 2 is 2.40 bits per heavy atom. The Bertz CT molecular complexity index is 329. The highest BCUT2D eigenvalue weighted by Crippen LogP contribution is 2.24. The molecule has 1 saturated heterocycles. The third-order valence-corrected chi connectivity index (χ3v) is 3.47. The van der Waals surface area contributed by atoms with E-state index >= 15 is 0 Å². The van der Waals surface area contributed by atoms with Gasteiger partial charge in [0.05, 0.1) is 0 Å². The number of nitrogens with zero attached hydrogens (tertiary/aromatic N) is 3. The molecule has 0 amide bonds. The highest BCUT2D eigenvalue weighted by Gasteiger charge is 2.19. The summed E-state index contributed by atoms with van der Waals surface area (Å²) in [6.07, 6.45) is 5.52. The van der Waals surface area contributed by atoms with Gasteiger partial charge in [0.1, 0.15) is 16.7 Å². The first-order chi connectivity index (χ1) is 7.29. The third kappa shape index (κ3) is 2.68. The summed E-state index contributed by atoms with van der Waals surface area (Å²) >= 11 is 3.38. The summed E-state index contributed by atoms with van der Waals surface area (Å²) in [5, 5.41) is 0. The van der Waals surface area contributed by atoms with Crippen molar-refractivity contribution in [1.82, 2.24) is 9.97 Å². The molecule has 2 rings (SSSR count). The first kappa shape index (κ1) is 10.9. The molecule has 0 spiro atoms. The van der Waals surface area contributed by atoms with Gasteiger partial charge in [-0.3, -0.25) is 0 Å². The Morgan fingerprint density at radius 1 is 1.53 bits per heavy atom. The molecule has 82 valence electrons. The van der Waals surface area contributed by atoms with Crippen molar-refractivity contribution in [2.75, 3.05) is 18.0 Å². The molecular formula is C11H16BrN3. The molecule has 0 aromatic carbocycles. The minimum atomic E-state index is 0.826. The molecular weight excluding hydrogens is 254 g/mol. The van der Waals surface area contributed by atoms with E-state index in [4.69, 9.17) is 0 Å². The topological polar surface area (TPSA) is 29.0 Å². The SMILES string of the molecule is CCC1CCCN(c2cc(Br)ncn2)C1. The van der Waals surface area contributed by atoms with Crippen LogP contribution >= 0.6 is 15.9 Å². The molecule has 1 unspecified atom stereocenters. The fraction of sp³-hybridized carbons (Fsp3) is 0.636. The van der Waals surface area contributed by atoms with Gasteiger partial charge < -0.3 is 4.90 Å². The van der Waals surface area contributed by atoms with E-state index in [1.807, 2.05) is 6.07 Å². The number of anilines is 1. The lowest BCUT2D eigenvalue weighted by Crippen LogP contribution is -2.35. The molecule has 2 heterocycles. The van der Waals surface area contributed by atoms with Crippen LogP contribution in [0.5, 0.6) is 0 Å². The number of aromatic nitrogens is 2. The minimum absolute atomic E-state index is 0.826. The van der Waals surface area contributed by atoms with E-state index in [-0.39, 0.29) is 0 Å². The largest absolute Gasteiger partial charge is 0.356 e. The van der Waals surface area contributed by atoms with Crippen LogP contribution in [0.3, 0.4) is 0 Å². The first-order valence-electron chi connectivity index (χ1n) is 5.52. The molecule has 4 heteroatoms. The van der Waals surface area contributed by atoms with Gasteiger partial charge in [0.25, 0.3) is 0 Å². The lowest BCUT2D eigenvalue weighted by molar-refractivity contribution is 0.403. The van der Waals surface area contributed by atoms with Crippen molar-refractivity contribution >= 4 is 21.7 Å². The highest BCUT2D eigenvalue weighted by molar-refractivity contribution is 9.10. The van der Waals surface area contributed by atoms with Crippen LogP contribution in [0.25, 0.3) is 0 Å². The van der Waals surface area contributed by atoms with E-state index < -0.39 is 0 Å². The summed E-state index contributed by atoms with van der Waals surface area (Å²) in [6.45, 7) is 4.53. The quantitative estimate of drug-likeness (QED) is 0.774. The van der Waals surface area contributed by atoms with Crippen molar-refractivity contribution in [3.05, 3.63) is 17.0 Å². The monoisotopic (exact) mass is 269 g/mol. The second-order valence-corrected chi connectivity index (χ2v) is 4.87. The fourth-order valence-electron chi connectivity index (χ4n) is 2.10. The zero-order valence-electron chi connectivity index (χ0n) is 8.99. The summed E-state index contributed by atoms with van der Waals surface area (Å²) in [6, 6.07) is 2.00. The number of halogens is 1. The van der Waals surface area contributed by atoms with E-state index in [1.54, 1.807) is 6.33 Å². The molecule has 15 heavy (non-hydrogen) atoms. The molecule has 1 aromatic heterocycles. The van der Waals surface area contributed by atoms with Gasteiger partial charge in [-0.1, -0.05) is 13.3 Å². The van der Waals surface area contributed by atoms with Crippen LogP contribution in [0.15, 0.2) is 17.0 Å². The summed E-state index contributed by atoms with van der Waals surface area (Å²) in [5.41, 5.74) is 0. The molecule has 1 aliphatic rings. The lowest BCUT2D eigenvalue weighted by Gasteiger charge is -2.33. The predicted octanol–water partition coefficient (Wildman–Crippen LogP) is 2.87. The van der Waals surface area contributed by atoms with Gasteiger partial charge in [0.2, 0.25) is 0 Å². The van der Waals surface area contributed by atoms with Crippen LogP contribution in [0.2, 0.25) is 0 Å². The zero-order chi connectivity index (χ0) is 10.7. The predicted molar refractivity (Wildman–Crippen MR) is 65.0 cm³/mol. The van der Waals surface area contributed by atoms with Crippen LogP contribution in [0.4, 0.5) is 5.82 Å². The van der Waals surface area contributed by atoms with Crippen LogP contribution < -0.4 is 4.90 Å². The number of hydrogen-bond acceptors (Lipinski definition) is 3. The maximum atomic E-state index is 4.32. The smallest absolute Gasteiger partial charge is 0.133 e. The van der Waals surface area contributed by atoms with Crippen molar-refractivity contribution in [1.29, 1.82) is 0 Å².